The predicted octanol–water partition coefficient (Wildman–Crippen LogP) is 6.82. The van der Waals surface area contributed by atoms with Crippen LogP contribution in [-0.4, -0.2) is 39.5 Å². The van der Waals surface area contributed by atoms with Crippen LogP contribution in [0.2, 0.25) is 0 Å². The van der Waals surface area contributed by atoms with Gasteiger partial charge in [-0.2, -0.15) is 0 Å². The Morgan fingerprint density at radius 2 is 1.93 bits per heavy atom. The number of hydrogen-bond donors (Lipinski definition) is 3. The van der Waals surface area contributed by atoms with Crippen LogP contribution >= 0.6 is 0 Å². The molecule has 0 bridgehead atoms. The van der Waals surface area contributed by atoms with Crippen molar-refractivity contribution in [3.63, 3.8) is 0 Å². The van der Waals surface area contributed by atoms with Gasteiger partial charge in [-0.25, -0.2) is 9.37 Å². The van der Waals surface area contributed by atoms with Crippen molar-refractivity contribution in [1.82, 2.24) is 19.9 Å². The van der Waals surface area contributed by atoms with E-state index in [-0.39, 0.29) is 11.7 Å². The number of pyridine rings is 3. The quantitative estimate of drug-likeness (QED) is 0.197. The van der Waals surface area contributed by atoms with Gasteiger partial charge in [0, 0.05) is 82.0 Å². The zero-order valence-corrected chi connectivity index (χ0v) is 22.8. The van der Waals surface area contributed by atoms with Crippen molar-refractivity contribution in [3.8, 4) is 28.1 Å². The molecule has 0 unspecified atom stereocenters. The van der Waals surface area contributed by atoms with Crippen LogP contribution < -0.4 is 15.4 Å². The van der Waals surface area contributed by atoms with E-state index in [1.54, 1.807) is 30.9 Å². The van der Waals surface area contributed by atoms with E-state index in [1.165, 1.54) is 19.2 Å². The number of benzene rings is 1. The molecule has 9 heteroatoms. The molecular weight excluding hydrogens is 519 g/mol. The predicted molar refractivity (Wildman–Crippen MR) is 159 cm³/mol. The minimum atomic E-state index is -0.387. The SMILES string of the molecule is CCCCC(=O)Nc1cncc(-c2cnc3c(c2)C(c2cc4c(-c5cc(F)cc(OC)c5)nccc4[nH]2)=CCN3)c1. The van der Waals surface area contributed by atoms with Crippen LogP contribution in [-0.2, 0) is 4.79 Å². The van der Waals surface area contributed by atoms with E-state index < -0.39 is 0 Å². The van der Waals surface area contributed by atoms with Crippen molar-refractivity contribution in [1.29, 1.82) is 0 Å². The molecule has 1 amide bonds. The highest BCUT2D eigenvalue weighted by Gasteiger charge is 2.20. The molecule has 0 spiro atoms. The molecule has 0 aliphatic carbocycles. The molecule has 1 aromatic carbocycles. The zero-order valence-electron chi connectivity index (χ0n) is 22.8. The highest BCUT2D eigenvalue weighted by atomic mass is 19.1. The molecule has 4 aromatic heterocycles. The Balaban J connectivity index is 1.36. The number of halogens is 1. The number of carbonyl (C=O) groups is 1. The number of ether oxygens (including phenoxy) is 1. The lowest BCUT2D eigenvalue weighted by atomic mass is 9.97. The van der Waals surface area contributed by atoms with Gasteiger partial charge in [0.1, 0.15) is 17.4 Å². The number of H-pyrrole nitrogens is 1. The monoisotopic (exact) mass is 548 g/mol. The first kappa shape index (κ1) is 26.2. The van der Waals surface area contributed by atoms with Crippen LogP contribution in [0.15, 0.2) is 73.3 Å². The number of anilines is 2. The van der Waals surface area contributed by atoms with Crippen LogP contribution in [0.1, 0.15) is 37.4 Å². The molecule has 1 aliphatic rings. The van der Waals surface area contributed by atoms with Crippen LogP contribution in [0.4, 0.5) is 15.9 Å². The lowest BCUT2D eigenvalue weighted by Gasteiger charge is -2.19. The summed E-state index contributed by atoms with van der Waals surface area (Å²) in [5, 5.41) is 7.16. The van der Waals surface area contributed by atoms with Crippen LogP contribution in [0.3, 0.4) is 0 Å². The second-order valence-electron chi connectivity index (χ2n) is 9.92. The van der Waals surface area contributed by atoms with Gasteiger partial charge in [-0.15, -0.1) is 0 Å². The molecule has 0 fully saturated rings. The van der Waals surface area contributed by atoms with Crippen molar-refractivity contribution in [2.75, 3.05) is 24.3 Å². The van der Waals surface area contributed by atoms with E-state index in [0.29, 0.717) is 35.7 Å². The first-order valence-corrected chi connectivity index (χ1v) is 13.5. The molecule has 1 aliphatic heterocycles. The summed E-state index contributed by atoms with van der Waals surface area (Å²) in [6, 6.07) is 12.5. The summed E-state index contributed by atoms with van der Waals surface area (Å²) < 4.78 is 19.6. The maximum Gasteiger partial charge on any atom is 0.224 e. The maximum absolute atomic E-state index is 14.3. The Morgan fingerprint density at radius 3 is 2.78 bits per heavy atom. The lowest BCUT2D eigenvalue weighted by Crippen LogP contribution is -2.11. The second kappa shape index (κ2) is 11.2. The van der Waals surface area contributed by atoms with E-state index in [2.05, 4.69) is 44.7 Å². The third kappa shape index (κ3) is 5.38. The van der Waals surface area contributed by atoms with Crippen molar-refractivity contribution in [3.05, 3.63) is 90.4 Å². The van der Waals surface area contributed by atoms with E-state index in [9.17, 15) is 9.18 Å². The molecule has 5 aromatic rings. The van der Waals surface area contributed by atoms with Gasteiger partial charge in [-0.1, -0.05) is 19.4 Å². The normalized spacial score (nSPS) is 12.4. The Morgan fingerprint density at radius 1 is 1.05 bits per heavy atom. The number of fused-ring (bicyclic) bond motifs is 2. The standard InChI is InChI=1S/C32H29FN6O2/c1-3-4-5-30(40)38-23-11-20(16-34-18-23)21-13-26-25(6-8-36-32(26)37-17-21)29-15-27-28(39-29)7-9-35-31(27)19-10-22(33)14-24(12-19)41-2/h6-7,9-18,39H,3-5,8H2,1-2H3,(H,36,37)(H,38,40). The van der Waals surface area contributed by atoms with Crippen LogP contribution in [0.25, 0.3) is 38.9 Å². The highest BCUT2D eigenvalue weighted by molar-refractivity contribution is 5.98. The summed E-state index contributed by atoms with van der Waals surface area (Å²) in [7, 11) is 1.51. The van der Waals surface area contributed by atoms with Gasteiger partial charge in [0.05, 0.1) is 24.7 Å². The number of rotatable bonds is 8. The van der Waals surface area contributed by atoms with Crippen molar-refractivity contribution in [2.24, 2.45) is 0 Å². The highest BCUT2D eigenvalue weighted by Crippen LogP contribution is 2.37. The average molecular weight is 549 g/mol. The Bertz CT molecular complexity index is 1790. The van der Waals surface area contributed by atoms with Crippen LogP contribution in [0.5, 0.6) is 5.75 Å². The Kier molecular flexibility index (Phi) is 7.16. The molecule has 3 N–H and O–H groups in total. The molecule has 41 heavy (non-hydrogen) atoms. The molecule has 206 valence electrons. The molecule has 8 nitrogen and oxygen atoms in total. The molecule has 6 rings (SSSR count). The van der Waals surface area contributed by atoms with Gasteiger partial charge < -0.3 is 20.4 Å². The second-order valence-corrected chi connectivity index (χ2v) is 9.92. The number of aromatic amines is 1. The number of unbranched alkanes of at least 4 members (excludes halogenated alkanes) is 1. The third-order valence-electron chi connectivity index (χ3n) is 7.09. The first-order chi connectivity index (χ1) is 20.0. The number of aromatic nitrogens is 4. The fourth-order valence-corrected chi connectivity index (χ4v) is 5.06. The summed E-state index contributed by atoms with van der Waals surface area (Å²) in [4.78, 5) is 29.4. The van der Waals surface area contributed by atoms with Crippen LogP contribution in [0, 0.1) is 5.82 Å². The number of nitrogens with zero attached hydrogens (tertiary/aromatic N) is 3. The topological polar surface area (TPSA) is 105 Å². The largest absolute Gasteiger partial charge is 0.497 e. The molecule has 0 radical (unpaired) electrons. The minimum Gasteiger partial charge on any atom is -0.497 e. The molecule has 0 atom stereocenters. The number of methoxy groups -OCH3 is 1. The Labute approximate surface area is 236 Å². The number of nitrogens with one attached hydrogen (secondary N) is 3. The molecule has 0 saturated heterocycles. The van der Waals surface area contributed by atoms with Gasteiger partial charge in [0.25, 0.3) is 0 Å². The molecular formula is C32H29FN6O2. The van der Waals surface area contributed by atoms with E-state index >= 15 is 0 Å². The fraction of sp³-hybridized carbons (Fsp3) is 0.188. The average Bonchev–Trinajstić information content (AvgIpc) is 3.43. The van der Waals surface area contributed by atoms with E-state index in [1.807, 2.05) is 18.2 Å². The van der Waals surface area contributed by atoms with Crippen molar-refractivity contribution >= 4 is 33.9 Å². The number of carbonyl (C=O) groups excluding carboxylic acids is 1. The van der Waals surface area contributed by atoms with E-state index in [0.717, 1.165) is 57.5 Å². The zero-order chi connectivity index (χ0) is 28.3. The number of amides is 1. The smallest absolute Gasteiger partial charge is 0.224 e. The summed E-state index contributed by atoms with van der Waals surface area (Å²) in [6.45, 7) is 2.68. The van der Waals surface area contributed by atoms with Gasteiger partial charge in [0.2, 0.25) is 5.91 Å². The maximum atomic E-state index is 14.3. The molecule has 5 heterocycles. The minimum absolute atomic E-state index is 0.0202. The third-order valence-corrected chi connectivity index (χ3v) is 7.09. The summed E-state index contributed by atoms with van der Waals surface area (Å²) in [5.74, 6) is 0.798. The van der Waals surface area contributed by atoms with Crippen molar-refractivity contribution < 1.29 is 13.9 Å². The van der Waals surface area contributed by atoms with Crippen molar-refractivity contribution in [2.45, 2.75) is 26.2 Å². The lowest BCUT2D eigenvalue weighted by molar-refractivity contribution is -0.116. The molecule has 0 saturated carbocycles. The Hall–Kier alpha value is -5.05. The van der Waals surface area contributed by atoms with Gasteiger partial charge in [-0.3, -0.25) is 14.8 Å². The van der Waals surface area contributed by atoms with Gasteiger partial charge in [-0.05, 0) is 42.8 Å². The van der Waals surface area contributed by atoms with E-state index in [4.69, 9.17) is 9.72 Å². The first-order valence-electron chi connectivity index (χ1n) is 13.5. The summed E-state index contributed by atoms with van der Waals surface area (Å²) >= 11 is 0. The van der Waals surface area contributed by atoms with Gasteiger partial charge in [0.15, 0.2) is 0 Å². The summed E-state index contributed by atoms with van der Waals surface area (Å²) in [5.41, 5.74) is 7.37. The summed E-state index contributed by atoms with van der Waals surface area (Å²) in [6.07, 6.45) is 11.3. The van der Waals surface area contributed by atoms with Gasteiger partial charge >= 0.3 is 0 Å². The fourth-order valence-electron chi connectivity index (χ4n) is 5.06. The number of hydrogen-bond acceptors (Lipinski definition) is 6.